The highest BCUT2D eigenvalue weighted by molar-refractivity contribution is 7.13. The van der Waals surface area contributed by atoms with E-state index < -0.39 is 0 Å². The van der Waals surface area contributed by atoms with Gasteiger partial charge < -0.3 is 19.9 Å². The first-order valence-electron chi connectivity index (χ1n) is 9.25. The Balaban J connectivity index is 1.53. The Morgan fingerprint density at radius 2 is 1.87 bits per heavy atom. The Morgan fingerprint density at radius 1 is 1.17 bits per heavy atom. The zero-order valence-electron chi connectivity index (χ0n) is 16.6. The third-order valence-electron chi connectivity index (χ3n) is 4.56. The summed E-state index contributed by atoms with van der Waals surface area (Å²) in [6, 6.07) is 4.68. The molecular weight excluding hydrogens is 430 g/mol. The van der Waals surface area contributed by atoms with Crippen LogP contribution in [0.1, 0.15) is 12.6 Å². The highest BCUT2D eigenvalue weighted by atomic mass is 35.5. The number of carbonyl (C=O) groups is 3. The zero-order chi connectivity index (χ0) is 21.7. The van der Waals surface area contributed by atoms with E-state index in [0.717, 1.165) is 0 Å². The van der Waals surface area contributed by atoms with E-state index in [0.29, 0.717) is 53.5 Å². The molecule has 3 rings (SSSR count). The smallest absolute Gasteiger partial charge is 0.323 e. The summed E-state index contributed by atoms with van der Waals surface area (Å²) >= 11 is 7.22. The lowest BCUT2D eigenvalue weighted by Gasteiger charge is -2.33. The average molecular weight is 452 g/mol. The van der Waals surface area contributed by atoms with Crippen LogP contribution in [0.4, 0.5) is 15.6 Å². The van der Waals surface area contributed by atoms with E-state index in [2.05, 4.69) is 15.6 Å². The molecule has 9 nitrogen and oxygen atoms in total. The average Bonchev–Trinajstić information content (AvgIpc) is 3.14. The van der Waals surface area contributed by atoms with Gasteiger partial charge in [-0.1, -0.05) is 11.6 Å². The Morgan fingerprint density at radius 3 is 2.53 bits per heavy atom. The van der Waals surface area contributed by atoms with Gasteiger partial charge >= 0.3 is 6.03 Å². The summed E-state index contributed by atoms with van der Waals surface area (Å²) in [4.78, 5) is 43.8. The molecule has 2 aromatic rings. The Labute approximate surface area is 183 Å². The fourth-order valence-electron chi connectivity index (χ4n) is 2.98. The van der Waals surface area contributed by atoms with Crippen molar-refractivity contribution >= 4 is 51.6 Å². The molecule has 0 bridgehead atoms. The van der Waals surface area contributed by atoms with Crippen LogP contribution < -0.4 is 15.4 Å². The van der Waals surface area contributed by atoms with Gasteiger partial charge in [0.05, 0.1) is 24.9 Å². The van der Waals surface area contributed by atoms with Crippen LogP contribution in [0.15, 0.2) is 23.6 Å². The molecule has 0 atom stereocenters. The van der Waals surface area contributed by atoms with E-state index in [9.17, 15) is 14.4 Å². The molecule has 0 spiro atoms. The number of benzene rings is 1. The fourth-order valence-corrected chi connectivity index (χ4v) is 3.85. The van der Waals surface area contributed by atoms with Crippen LogP contribution in [0.3, 0.4) is 0 Å². The first-order chi connectivity index (χ1) is 14.4. The van der Waals surface area contributed by atoms with E-state index in [1.54, 1.807) is 33.4 Å². The minimum atomic E-state index is -0.279. The number of amides is 4. The number of rotatable bonds is 5. The quantitative estimate of drug-likeness (QED) is 0.727. The van der Waals surface area contributed by atoms with Crippen molar-refractivity contribution in [2.75, 3.05) is 43.9 Å². The molecule has 2 N–H and O–H groups in total. The Kier molecular flexibility index (Phi) is 7.11. The van der Waals surface area contributed by atoms with E-state index in [1.165, 1.54) is 25.4 Å². The molecule has 4 amide bonds. The van der Waals surface area contributed by atoms with Crippen LogP contribution in [0.2, 0.25) is 5.02 Å². The first-order valence-corrected chi connectivity index (χ1v) is 10.5. The van der Waals surface area contributed by atoms with Crippen molar-refractivity contribution in [1.29, 1.82) is 0 Å². The number of nitrogens with one attached hydrogen (secondary N) is 2. The normalized spacial score (nSPS) is 13.7. The molecule has 1 aliphatic heterocycles. The number of hydrogen-bond donors (Lipinski definition) is 2. The molecule has 1 aliphatic rings. The molecule has 0 unspecified atom stereocenters. The lowest BCUT2D eigenvalue weighted by atomic mass is 10.2. The van der Waals surface area contributed by atoms with Gasteiger partial charge in [0.15, 0.2) is 5.13 Å². The van der Waals surface area contributed by atoms with Gasteiger partial charge in [-0.05, 0) is 18.2 Å². The number of aromatic nitrogens is 1. The van der Waals surface area contributed by atoms with Crippen LogP contribution >= 0.6 is 22.9 Å². The molecule has 30 heavy (non-hydrogen) atoms. The second-order valence-electron chi connectivity index (χ2n) is 6.64. The van der Waals surface area contributed by atoms with Crippen LogP contribution in [0, 0.1) is 0 Å². The van der Waals surface area contributed by atoms with Crippen molar-refractivity contribution in [2.45, 2.75) is 13.3 Å². The first kappa shape index (κ1) is 21.8. The molecule has 160 valence electrons. The predicted molar refractivity (Wildman–Crippen MR) is 115 cm³/mol. The third-order valence-corrected chi connectivity index (χ3v) is 5.60. The molecule has 2 heterocycles. The van der Waals surface area contributed by atoms with Crippen molar-refractivity contribution in [3.05, 3.63) is 34.3 Å². The van der Waals surface area contributed by atoms with Crippen molar-refractivity contribution in [3.8, 4) is 5.75 Å². The number of halogens is 1. The number of thiazole rings is 1. The van der Waals surface area contributed by atoms with E-state index in [-0.39, 0.29) is 24.3 Å². The monoisotopic (exact) mass is 451 g/mol. The van der Waals surface area contributed by atoms with Gasteiger partial charge in [-0.3, -0.25) is 14.9 Å². The fraction of sp³-hybridized carbons (Fsp3) is 0.368. The van der Waals surface area contributed by atoms with E-state index in [4.69, 9.17) is 16.3 Å². The standard InChI is InChI=1S/C19H22ClN5O4S/c1-12(26)24-5-7-25(8-6-24)19(28)23-18-21-14(11-30-18)10-17(27)22-15-9-13(20)3-4-16(15)29-2/h3-4,9,11H,5-8,10H2,1-2H3,(H,22,27)(H,21,23,28). The Bertz CT molecular complexity index is 943. The molecular formula is C19H22ClN5O4S. The summed E-state index contributed by atoms with van der Waals surface area (Å²) in [5.74, 6) is 0.233. The van der Waals surface area contributed by atoms with Gasteiger partial charge in [0, 0.05) is 43.5 Å². The molecule has 0 aliphatic carbocycles. The number of urea groups is 1. The molecule has 0 radical (unpaired) electrons. The SMILES string of the molecule is COc1ccc(Cl)cc1NC(=O)Cc1csc(NC(=O)N2CCN(C(C)=O)CC2)n1. The van der Waals surface area contributed by atoms with Gasteiger partial charge in [0.1, 0.15) is 5.75 Å². The zero-order valence-corrected chi connectivity index (χ0v) is 18.2. The lowest BCUT2D eigenvalue weighted by molar-refractivity contribution is -0.130. The van der Waals surface area contributed by atoms with Gasteiger partial charge in [-0.15, -0.1) is 11.3 Å². The van der Waals surface area contributed by atoms with Crippen LogP contribution in [0.25, 0.3) is 0 Å². The number of anilines is 2. The molecule has 0 saturated carbocycles. The maximum absolute atomic E-state index is 12.4. The number of piperazine rings is 1. The number of hydrogen-bond acceptors (Lipinski definition) is 6. The van der Waals surface area contributed by atoms with Gasteiger partial charge in [0.25, 0.3) is 0 Å². The second kappa shape index (κ2) is 9.77. The number of ether oxygens (including phenoxy) is 1. The second-order valence-corrected chi connectivity index (χ2v) is 7.93. The molecule has 1 aromatic heterocycles. The van der Waals surface area contributed by atoms with E-state index >= 15 is 0 Å². The summed E-state index contributed by atoms with van der Waals surface area (Å²) in [5, 5.41) is 8.12. The third kappa shape index (κ3) is 5.61. The molecule has 11 heteroatoms. The number of carbonyl (C=O) groups excluding carboxylic acids is 3. The van der Waals surface area contributed by atoms with Crippen molar-refractivity contribution < 1.29 is 19.1 Å². The maximum Gasteiger partial charge on any atom is 0.323 e. The van der Waals surface area contributed by atoms with Crippen molar-refractivity contribution in [1.82, 2.24) is 14.8 Å². The molecule has 1 saturated heterocycles. The summed E-state index contributed by atoms with van der Waals surface area (Å²) < 4.78 is 5.22. The summed E-state index contributed by atoms with van der Waals surface area (Å²) in [7, 11) is 1.51. The molecule has 1 aromatic carbocycles. The van der Waals surface area contributed by atoms with E-state index in [1.807, 2.05) is 0 Å². The van der Waals surface area contributed by atoms with Gasteiger partial charge in [-0.25, -0.2) is 9.78 Å². The molecule has 1 fully saturated rings. The van der Waals surface area contributed by atoms with Gasteiger partial charge in [-0.2, -0.15) is 0 Å². The predicted octanol–water partition coefficient (Wildman–Crippen LogP) is 2.68. The van der Waals surface area contributed by atoms with Crippen LogP contribution in [-0.4, -0.2) is 65.9 Å². The maximum atomic E-state index is 12.4. The number of methoxy groups -OCH3 is 1. The Hall–Kier alpha value is -2.85. The summed E-state index contributed by atoms with van der Waals surface area (Å²) in [6.07, 6.45) is 0.0410. The largest absolute Gasteiger partial charge is 0.495 e. The van der Waals surface area contributed by atoms with Crippen molar-refractivity contribution in [2.24, 2.45) is 0 Å². The van der Waals surface area contributed by atoms with Crippen LogP contribution in [0.5, 0.6) is 5.75 Å². The highest BCUT2D eigenvalue weighted by Gasteiger charge is 2.23. The highest BCUT2D eigenvalue weighted by Crippen LogP contribution is 2.28. The minimum absolute atomic E-state index is 0.00768. The number of nitrogens with zero attached hydrogens (tertiary/aromatic N) is 3. The lowest BCUT2D eigenvalue weighted by Crippen LogP contribution is -2.51. The summed E-state index contributed by atoms with van der Waals surface area (Å²) in [6.45, 7) is 3.48. The summed E-state index contributed by atoms with van der Waals surface area (Å²) in [5.41, 5.74) is 1.01. The minimum Gasteiger partial charge on any atom is -0.495 e. The van der Waals surface area contributed by atoms with Crippen molar-refractivity contribution in [3.63, 3.8) is 0 Å². The van der Waals surface area contributed by atoms with Gasteiger partial charge in [0.2, 0.25) is 11.8 Å². The van der Waals surface area contributed by atoms with Crippen LogP contribution in [-0.2, 0) is 16.0 Å². The topological polar surface area (TPSA) is 104 Å².